The van der Waals surface area contributed by atoms with Crippen molar-refractivity contribution in [3.05, 3.63) is 66.2 Å². The molecular weight excluding hydrogens is 510 g/mol. The molecule has 0 aromatic carbocycles. The van der Waals surface area contributed by atoms with Crippen LogP contribution in [0.15, 0.2) is 54.8 Å². The van der Waals surface area contributed by atoms with E-state index in [1.54, 1.807) is 4.68 Å². The van der Waals surface area contributed by atoms with Gasteiger partial charge >= 0.3 is 0 Å². The van der Waals surface area contributed by atoms with Crippen LogP contribution in [0.1, 0.15) is 83.5 Å². The minimum absolute atomic E-state index is 0.0801. The zero-order valence-corrected chi connectivity index (χ0v) is 24.2. The molecule has 0 spiro atoms. The van der Waals surface area contributed by atoms with Crippen LogP contribution in [0.4, 0.5) is 14.6 Å². The summed E-state index contributed by atoms with van der Waals surface area (Å²) in [6, 6.07) is 5.80. The molecule has 7 nitrogen and oxygen atoms in total. The number of hydrogen-bond donors (Lipinski definition) is 0. The Balaban J connectivity index is 1.73. The number of hydrogen-bond acceptors (Lipinski definition) is 5. The summed E-state index contributed by atoms with van der Waals surface area (Å²) in [5, 5.41) is 9.68. The molecule has 0 N–H and O–H groups in total. The Hall–Kier alpha value is -3.33. The van der Waals surface area contributed by atoms with Crippen molar-refractivity contribution in [3.8, 4) is 5.82 Å². The van der Waals surface area contributed by atoms with Crippen molar-refractivity contribution in [2.75, 3.05) is 31.2 Å². The van der Waals surface area contributed by atoms with Crippen LogP contribution in [0, 0.1) is 0 Å². The van der Waals surface area contributed by atoms with Crippen LogP contribution in [0.3, 0.4) is 0 Å². The monoisotopic (exact) mass is 552 g/mol. The number of nitrogens with zero attached hydrogens (tertiary/aromatic N) is 6. The molecule has 0 radical (unpaired) electrons. The molecule has 1 unspecified atom stereocenters. The third-order valence-corrected chi connectivity index (χ3v) is 7.22. The highest BCUT2D eigenvalue weighted by molar-refractivity contribution is 5.75. The first-order valence-corrected chi connectivity index (χ1v) is 14.6. The number of anilines is 1. The van der Waals surface area contributed by atoms with Gasteiger partial charge in [0.2, 0.25) is 5.92 Å². The van der Waals surface area contributed by atoms with Gasteiger partial charge in [0, 0.05) is 55.8 Å². The number of unbranched alkanes of at least 4 members (excludes halogenated alkanes) is 1. The SMILES string of the molecule is C\C=C/C(=C\C=C\CC)c1cc2nc(-n3ccc(C(CC)CC(F)(F)CCCC)n3)cc(N3CCOCC3)n2n1. The Labute approximate surface area is 236 Å². The Morgan fingerprint density at radius 2 is 1.95 bits per heavy atom. The summed E-state index contributed by atoms with van der Waals surface area (Å²) < 4.78 is 38.4. The summed E-state index contributed by atoms with van der Waals surface area (Å²) in [7, 11) is 0. The van der Waals surface area contributed by atoms with Gasteiger partial charge in [-0.25, -0.2) is 18.4 Å². The third-order valence-electron chi connectivity index (χ3n) is 7.22. The normalized spacial score (nSPS) is 16.1. The van der Waals surface area contributed by atoms with Gasteiger partial charge in [-0.2, -0.15) is 14.7 Å². The van der Waals surface area contributed by atoms with E-state index in [4.69, 9.17) is 19.9 Å². The Morgan fingerprint density at radius 3 is 2.65 bits per heavy atom. The standard InChI is InChI=1S/C31H42F2N6O/c1-5-9-11-13-25(12-7-3)27-21-29-34-28(22-30(39(29)36-27)37-17-19-40-20-18-37)38-16-14-26(35-38)24(8-4)23-31(32,33)15-10-6-2/h7,9,11-14,16,21-22,24H,5-6,8,10,15,17-20,23H2,1-4H3/b11-9+,12-7-,25-13+. The molecule has 4 heterocycles. The smallest absolute Gasteiger partial charge is 0.248 e. The first-order valence-electron chi connectivity index (χ1n) is 14.6. The molecule has 3 aromatic rings. The van der Waals surface area contributed by atoms with Crippen LogP contribution in [0.2, 0.25) is 0 Å². The molecule has 4 rings (SSSR count). The molecule has 0 amide bonds. The van der Waals surface area contributed by atoms with Gasteiger partial charge in [-0.05, 0) is 32.3 Å². The molecule has 1 aliphatic rings. The number of halogens is 2. The second-order valence-electron chi connectivity index (χ2n) is 10.3. The van der Waals surface area contributed by atoms with E-state index >= 15 is 0 Å². The molecule has 1 atom stereocenters. The summed E-state index contributed by atoms with van der Waals surface area (Å²) in [6.45, 7) is 10.7. The van der Waals surface area contributed by atoms with Crippen molar-refractivity contribution in [3.63, 3.8) is 0 Å². The van der Waals surface area contributed by atoms with Gasteiger partial charge < -0.3 is 9.64 Å². The number of ether oxygens (including phenoxy) is 1. The fourth-order valence-corrected chi connectivity index (χ4v) is 4.97. The second-order valence-corrected chi connectivity index (χ2v) is 10.3. The predicted molar refractivity (Wildman–Crippen MR) is 157 cm³/mol. The van der Waals surface area contributed by atoms with E-state index in [0.717, 1.165) is 43.0 Å². The summed E-state index contributed by atoms with van der Waals surface area (Å²) in [6.07, 6.45) is 14.6. The van der Waals surface area contributed by atoms with Gasteiger partial charge in [0.05, 0.1) is 24.6 Å². The van der Waals surface area contributed by atoms with Crippen LogP contribution in [-0.2, 0) is 4.74 Å². The zero-order valence-electron chi connectivity index (χ0n) is 24.2. The van der Waals surface area contributed by atoms with Crippen LogP contribution in [0.5, 0.6) is 0 Å². The molecule has 40 heavy (non-hydrogen) atoms. The van der Waals surface area contributed by atoms with E-state index in [-0.39, 0.29) is 18.8 Å². The average Bonchev–Trinajstić information content (AvgIpc) is 3.62. The van der Waals surface area contributed by atoms with Crippen molar-refractivity contribution in [1.82, 2.24) is 24.4 Å². The minimum atomic E-state index is -2.69. The first-order chi connectivity index (χ1) is 19.4. The molecule has 216 valence electrons. The quantitative estimate of drug-likeness (QED) is 0.207. The van der Waals surface area contributed by atoms with Crippen molar-refractivity contribution in [1.29, 1.82) is 0 Å². The number of fused-ring (bicyclic) bond motifs is 1. The number of morpholine rings is 1. The number of alkyl halides is 2. The summed E-state index contributed by atoms with van der Waals surface area (Å²) in [5.74, 6) is -1.49. The van der Waals surface area contributed by atoms with Crippen molar-refractivity contribution in [2.24, 2.45) is 0 Å². The Morgan fingerprint density at radius 1 is 1.15 bits per heavy atom. The predicted octanol–water partition coefficient (Wildman–Crippen LogP) is 7.39. The van der Waals surface area contributed by atoms with Crippen molar-refractivity contribution < 1.29 is 13.5 Å². The van der Waals surface area contributed by atoms with Gasteiger partial charge in [0.15, 0.2) is 11.5 Å². The fraction of sp³-hybridized carbons (Fsp3) is 0.516. The number of allylic oxidation sites excluding steroid dienone is 6. The van der Waals surface area contributed by atoms with Gasteiger partial charge in [-0.1, -0.05) is 57.6 Å². The lowest BCUT2D eigenvalue weighted by atomic mass is 9.92. The molecule has 1 aliphatic heterocycles. The minimum Gasteiger partial charge on any atom is -0.378 e. The van der Waals surface area contributed by atoms with Crippen molar-refractivity contribution in [2.45, 2.75) is 78.1 Å². The molecule has 3 aromatic heterocycles. The molecule has 9 heteroatoms. The molecule has 0 aliphatic carbocycles. The second kappa shape index (κ2) is 13.8. The van der Waals surface area contributed by atoms with Crippen molar-refractivity contribution >= 4 is 17.0 Å². The van der Waals surface area contributed by atoms with Crippen LogP contribution >= 0.6 is 0 Å². The van der Waals surface area contributed by atoms with Crippen LogP contribution in [-0.4, -0.2) is 56.6 Å². The molecule has 0 saturated carbocycles. The van der Waals surface area contributed by atoms with Crippen LogP contribution < -0.4 is 4.90 Å². The van der Waals surface area contributed by atoms with E-state index in [9.17, 15) is 8.78 Å². The van der Waals surface area contributed by atoms with Gasteiger partial charge in [0.1, 0.15) is 5.82 Å². The molecular formula is C31H42F2N6O. The largest absolute Gasteiger partial charge is 0.378 e. The van der Waals surface area contributed by atoms with E-state index in [2.05, 4.69) is 24.0 Å². The zero-order chi connectivity index (χ0) is 28.5. The van der Waals surface area contributed by atoms with E-state index in [1.807, 2.05) is 67.9 Å². The fourth-order valence-electron chi connectivity index (χ4n) is 4.97. The summed E-state index contributed by atoms with van der Waals surface area (Å²) in [5.41, 5.74) is 3.17. The number of aromatic nitrogens is 5. The van der Waals surface area contributed by atoms with E-state index < -0.39 is 5.92 Å². The molecule has 0 bridgehead atoms. The first kappa shape index (κ1) is 29.6. The molecule has 1 saturated heterocycles. The average molecular weight is 553 g/mol. The highest BCUT2D eigenvalue weighted by Gasteiger charge is 2.33. The maximum Gasteiger partial charge on any atom is 0.248 e. The number of rotatable bonds is 13. The van der Waals surface area contributed by atoms with E-state index in [1.165, 1.54) is 0 Å². The lowest BCUT2D eigenvalue weighted by Gasteiger charge is -2.29. The summed E-state index contributed by atoms with van der Waals surface area (Å²) >= 11 is 0. The highest BCUT2D eigenvalue weighted by atomic mass is 19.3. The van der Waals surface area contributed by atoms with Gasteiger partial charge in [-0.15, -0.1) is 0 Å². The Kier molecular flexibility index (Phi) is 10.3. The summed E-state index contributed by atoms with van der Waals surface area (Å²) in [4.78, 5) is 7.14. The van der Waals surface area contributed by atoms with Gasteiger partial charge in [-0.3, -0.25) is 0 Å². The lowest BCUT2D eigenvalue weighted by Crippen LogP contribution is -2.37. The maximum atomic E-state index is 14.6. The topological polar surface area (TPSA) is 60.5 Å². The van der Waals surface area contributed by atoms with Gasteiger partial charge in [0.25, 0.3) is 0 Å². The van der Waals surface area contributed by atoms with E-state index in [0.29, 0.717) is 43.2 Å². The third kappa shape index (κ3) is 7.24. The Bertz CT molecular complexity index is 1330. The highest BCUT2D eigenvalue weighted by Crippen LogP contribution is 2.35. The molecule has 1 fully saturated rings. The lowest BCUT2D eigenvalue weighted by molar-refractivity contribution is -0.0252. The van der Waals surface area contributed by atoms with Crippen LogP contribution in [0.25, 0.3) is 17.0 Å². The maximum absolute atomic E-state index is 14.6.